The molecule has 14 atom stereocenters. The summed E-state index contributed by atoms with van der Waals surface area (Å²) in [5, 5.41) is 38.3. The number of Topliss-reactive ketones (excluding diaryl/α,β-unsaturated/α-hetero) is 2. The van der Waals surface area contributed by atoms with Gasteiger partial charge in [0.05, 0.1) is 82.9 Å². The summed E-state index contributed by atoms with van der Waals surface area (Å²) in [7, 11) is 5.69. The molecule has 3 aliphatic rings. The fraction of sp³-hybridized carbons (Fsp3) is 0.692. The highest BCUT2D eigenvalue weighted by Crippen LogP contribution is 2.51. The van der Waals surface area contributed by atoms with Gasteiger partial charge in [-0.05, 0) is 160 Å². The number of aryl methyl sites for hydroxylation is 3. The van der Waals surface area contributed by atoms with Gasteiger partial charge in [-0.2, -0.15) is 15.1 Å². The number of hydrogen-bond donors (Lipinski definition) is 4. The summed E-state index contributed by atoms with van der Waals surface area (Å²) in [6.07, 6.45) is 0.868. The monoisotopic (exact) mass is 1680 g/mol. The standard InChI is InChI=1S/C28H48N5O7P.C22H26N2O8.C19H31N3O6.C6H11N.C3H7ClNOP/c1-9-23-24(40-41(38-16-11-14-29)33(19(2)3)20(4)5)25(37-17-13-22(34)12-10-15-31(7)8)27(39-23)32-18-21(6)26(35)30-28(32)36;1-4-15-17(26)18(31-11-10-16(25)30-3)21(32-15)23-12-13(2)19(27)24(22(23)29)20(28)14-8-6-5-7-9-14;1-5-14-15(24)16(27-10-8-13(23)7-6-9-21(3)4)18(28-14)22-11-12(2)17(25)20-19(22)26;1-6(2)4-3-5-7;1-3(2)5-7(4)6/h18-20,23-25,27H,9-13,15-17H2,1-8H3,(H,30,35,36);5-9,12,15,17-18,21,26H,4,10-11H2,1-3H3;11,14-16,18,24H,5-10H2,1-4H3,(H,20,25,26);6H,3-4H2,1-2H3;3H,1-2H3/t23-,24?,25+,27-,41?;15-,17?,18+,21-;14-,15?,16+,18-;;/m111../s1. The van der Waals surface area contributed by atoms with E-state index in [0.717, 1.165) is 36.9 Å². The van der Waals surface area contributed by atoms with E-state index in [4.69, 9.17) is 59.2 Å². The third-order valence-electron chi connectivity index (χ3n) is 18.1. The zero-order valence-corrected chi connectivity index (χ0v) is 72.6. The Hall–Kier alpha value is -7.02. The Kier molecular flexibility index (Phi) is 46.8. The fourth-order valence-corrected chi connectivity index (χ4v) is 14.8. The first-order valence-corrected chi connectivity index (χ1v) is 42.2. The Balaban J connectivity index is 0.000000416. The lowest BCUT2D eigenvalue weighted by Crippen LogP contribution is -2.47. The van der Waals surface area contributed by atoms with Crippen molar-refractivity contribution in [3.05, 3.63) is 134 Å². The maximum atomic E-state index is 13.2. The van der Waals surface area contributed by atoms with Gasteiger partial charge in [0.2, 0.25) is 0 Å². The second-order valence-corrected chi connectivity index (χ2v) is 32.5. The van der Waals surface area contributed by atoms with Gasteiger partial charge in [-0.1, -0.05) is 57.6 Å². The number of aromatic amines is 2. The van der Waals surface area contributed by atoms with Gasteiger partial charge >= 0.3 is 23.0 Å². The molecule has 0 bridgehead atoms. The number of hydrogen-bond acceptors (Lipinski definition) is 28. The van der Waals surface area contributed by atoms with Crippen molar-refractivity contribution in [2.45, 2.75) is 272 Å². The lowest BCUT2D eigenvalue weighted by molar-refractivity contribution is -0.150. The molecule has 5 unspecified atom stereocenters. The molecule has 34 nitrogen and oxygen atoms in total. The molecule has 0 radical (unpaired) electrons. The molecule has 0 aliphatic carbocycles. The molecular weight excluding hydrogens is 1550 g/mol. The van der Waals surface area contributed by atoms with Crippen molar-refractivity contribution in [1.29, 1.82) is 10.5 Å². The summed E-state index contributed by atoms with van der Waals surface area (Å²) in [5.41, 5.74) is -2.81. The summed E-state index contributed by atoms with van der Waals surface area (Å²) in [5.74, 6) is -0.392. The molecular formula is C78H123ClN12O22P2. The van der Waals surface area contributed by atoms with Gasteiger partial charge in [-0.25, -0.2) is 19.1 Å². The number of halogens is 1. The summed E-state index contributed by atoms with van der Waals surface area (Å²) in [6, 6.07) is 12.4. The molecule has 0 spiro atoms. The lowest BCUT2D eigenvalue weighted by Gasteiger charge is -2.38. The van der Waals surface area contributed by atoms with Gasteiger partial charge in [0, 0.05) is 85.0 Å². The van der Waals surface area contributed by atoms with E-state index in [2.05, 4.69) is 77.8 Å². The molecule has 37 heteroatoms. The molecule has 4 N–H and O–H groups in total. The largest absolute Gasteiger partial charge is 0.596 e. The normalized spacial score (nSPS) is 21.4. The minimum Gasteiger partial charge on any atom is -0.596 e. The van der Waals surface area contributed by atoms with Crippen LogP contribution in [0.1, 0.15) is 205 Å². The van der Waals surface area contributed by atoms with Crippen LogP contribution in [-0.4, -0.2) is 224 Å². The molecule has 7 rings (SSSR count). The van der Waals surface area contributed by atoms with Crippen LogP contribution in [0.2, 0.25) is 0 Å². The molecule has 4 aromatic rings. The van der Waals surface area contributed by atoms with Crippen molar-refractivity contribution >= 4 is 50.5 Å². The molecule has 6 heterocycles. The summed E-state index contributed by atoms with van der Waals surface area (Å²) >= 11 is 5.02. The predicted octanol–water partition coefficient (Wildman–Crippen LogP) is 7.76. The number of benzene rings is 1. The van der Waals surface area contributed by atoms with Crippen molar-refractivity contribution < 1.29 is 76.5 Å². The van der Waals surface area contributed by atoms with Crippen LogP contribution >= 0.6 is 27.1 Å². The number of aromatic nitrogens is 6. The number of ether oxygens (including phenoxy) is 7. The number of esters is 1. The molecule has 0 saturated carbocycles. The topological polar surface area (TPSA) is 438 Å². The minimum atomic E-state index is -1.79. The average molecular weight is 1680 g/mol. The van der Waals surface area contributed by atoms with Crippen LogP contribution in [-0.2, 0) is 56.6 Å². The average Bonchev–Trinajstić information content (AvgIpc) is 1.71. The number of carbonyl (C=O) groups is 4. The van der Waals surface area contributed by atoms with E-state index in [9.17, 15) is 63.1 Å². The first-order valence-electron chi connectivity index (χ1n) is 39.0. The highest BCUT2D eigenvalue weighted by atomic mass is 35.7. The number of aliphatic hydroxyl groups excluding tert-OH is 2. The summed E-state index contributed by atoms with van der Waals surface area (Å²) in [4.78, 5) is 142. The van der Waals surface area contributed by atoms with Crippen LogP contribution < -0.4 is 38.6 Å². The van der Waals surface area contributed by atoms with Crippen LogP contribution in [0.3, 0.4) is 0 Å². The lowest BCUT2D eigenvalue weighted by atomic mass is 10.1. The highest BCUT2D eigenvalue weighted by molar-refractivity contribution is 7.69. The Bertz CT molecular complexity index is 4140. The third-order valence-corrected chi connectivity index (χ3v) is 21.2. The van der Waals surface area contributed by atoms with Crippen molar-refractivity contribution in [3.63, 3.8) is 0 Å². The summed E-state index contributed by atoms with van der Waals surface area (Å²) < 4.78 is 63.1. The first-order chi connectivity index (χ1) is 54.3. The molecule has 3 saturated heterocycles. The number of nitriles is 2. The highest BCUT2D eigenvalue weighted by Gasteiger charge is 2.50. The SMILES string of the molecule is CC(C)CCC#N.CC(C)N=[P+]([O-])Cl.CC[C@H]1O[C@@H](n2cc(C)c(=O)[nH]c2=O)[C@@H](OCCC(=O)CCCN(C)C)C1O.CC[C@H]1O[C@@H](n2cc(C)c(=O)[nH]c2=O)[C@@H](OCCC(=O)CCCN(C)C)C1OP(OCCC#N)N(C(C)C)C(C)C.CC[C@H]1O[C@@H](n2cc(C)c(=O)n(C(=O)c3ccccc3)c2=O)[C@@H](OCCC(=O)OC)C1O. The number of aliphatic hydroxyl groups is 2. The van der Waals surface area contributed by atoms with Crippen molar-refractivity contribution in [1.82, 2.24) is 42.7 Å². The van der Waals surface area contributed by atoms with Crippen molar-refractivity contribution in [2.24, 2.45) is 10.7 Å². The number of carbonyl (C=O) groups excluding carboxylic acids is 4. The molecule has 3 aliphatic heterocycles. The van der Waals surface area contributed by atoms with Gasteiger partial charge in [0.15, 0.2) is 29.9 Å². The molecule has 3 aromatic heterocycles. The zero-order chi connectivity index (χ0) is 86.5. The molecule has 115 heavy (non-hydrogen) atoms. The Morgan fingerprint density at radius 1 is 0.626 bits per heavy atom. The van der Waals surface area contributed by atoms with Crippen molar-refractivity contribution in [2.75, 3.05) is 74.8 Å². The Labute approximate surface area is 680 Å². The van der Waals surface area contributed by atoms with Gasteiger partial charge in [0.1, 0.15) is 48.2 Å². The van der Waals surface area contributed by atoms with E-state index in [-0.39, 0.29) is 92.9 Å². The fourth-order valence-electron chi connectivity index (χ4n) is 12.2. The number of nitrogens with one attached hydrogen (secondary N) is 2. The first kappa shape index (κ1) is 102. The van der Waals surface area contributed by atoms with Crippen LogP contribution in [0.15, 0.2) is 82.4 Å². The number of methoxy groups -OCH3 is 1. The van der Waals surface area contributed by atoms with E-state index in [1.807, 2.05) is 65.7 Å². The second-order valence-electron chi connectivity index (χ2n) is 29.5. The van der Waals surface area contributed by atoms with Crippen LogP contribution in [0.4, 0.5) is 0 Å². The van der Waals surface area contributed by atoms with E-state index < -0.39 is 135 Å². The molecule has 1 aromatic carbocycles. The number of rotatable bonds is 38. The van der Waals surface area contributed by atoms with Gasteiger partial charge < -0.3 is 67.1 Å². The predicted molar refractivity (Wildman–Crippen MR) is 433 cm³/mol. The maximum absolute atomic E-state index is 13.2. The number of nitrogens with zero attached hydrogens (tertiary/aromatic N) is 10. The summed E-state index contributed by atoms with van der Waals surface area (Å²) in [6.45, 7) is 28.5. The molecule has 0 amide bonds. The van der Waals surface area contributed by atoms with E-state index >= 15 is 0 Å². The van der Waals surface area contributed by atoms with E-state index in [0.29, 0.717) is 60.1 Å². The minimum absolute atomic E-state index is 0.0524. The third kappa shape index (κ3) is 33.4. The van der Waals surface area contributed by atoms with E-state index in [1.165, 1.54) is 53.9 Å². The number of ketones is 2. The number of H-pyrrole nitrogens is 2. The van der Waals surface area contributed by atoms with Crippen molar-refractivity contribution in [3.8, 4) is 12.1 Å². The zero-order valence-electron chi connectivity index (χ0n) is 70.1. The van der Waals surface area contributed by atoms with Gasteiger partial charge in [-0.3, -0.25) is 57.2 Å². The Morgan fingerprint density at radius 3 is 1.46 bits per heavy atom. The molecule has 3 fully saturated rings. The van der Waals surface area contributed by atoms with Crippen LogP contribution in [0.5, 0.6) is 0 Å². The smallest absolute Gasteiger partial charge is 0.340 e. The van der Waals surface area contributed by atoms with Gasteiger partial charge in [-0.15, -0.1) is 0 Å². The van der Waals surface area contributed by atoms with Crippen LogP contribution in [0, 0.1) is 49.4 Å². The van der Waals surface area contributed by atoms with Gasteiger partial charge in [0.25, 0.3) is 38.4 Å². The quantitative estimate of drug-likeness (QED) is 0.0189. The second kappa shape index (κ2) is 52.7. The van der Waals surface area contributed by atoms with Crippen LogP contribution in [0.25, 0.3) is 0 Å². The van der Waals surface area contributed by atoms with E-state index in [1.54, 1.807) is 39.0 Å². The molecule has 644 valence electrons. The Morgan fingerprint density at radius 2 is 1.06 bits per heavy atom. The maximum Gasteiger partial charge on any atom is 0.340 e.